The molecule has 0 heterocycles. The van der Waals surface area contributed by atoms with E-state index in [1.165, 1.54) is 6.07 Å². The first-order chi connectivity index (χ1) is 9.74. The highest BCUT2D eigenvalue weighted by atomic mass is 19.1. The van der Waals surface area contributed by atoms with Crippen LogP contribution in [-0.2, 0) is 6.54 Å². The van der Waals surface area contributed by atoms with Gasteiger partial charge in [0.25, 0.3) is 0 Å². The van der Waals surface area contributed by atoms with E-state index in [9.17, 15) is 4.39 Å². The molecule has 0 aliphatic rings. The van der Waals surface area contributed by atoms with Crippen LogP contribution in [0.15, 0.2) is 48.5 Å². The Morgan fingerprint density at radius 1 is 1.05 bits per heavy atom. The first-order valence-corrected chi connectivity index (χ1v) is 7.01. The van der Waals surface area contributed by atoms with Gasteiger partial charge in [-0.25, -0.2) is 4.39 Å². The minimum absolute atomic E-state index is 0.188. The summed E-state index contributed by atoms with van der Waals surface area (Å²) in [4.78, 5) is 1.90. The first kappa shape index (κ1) is 14.5. The molecule has 0 aromatic heterocycles. The molecular formula is C17H21FN2. The summed E-state index contributed by atoms with van der Waals surface area (Å²) in [6.45, 7) is 3.73. The van der Waals surface area contributed by atoms with E-state index in [0.717, 1.165) is 24.2 Å². The van der Waals surface area contributed by atoms with Gasteiger partial charge in [0.1, 0.15) is 5.82 Å². The number of hydrogen-bond donors (Lipinski definition) is 1. The lowest BCUT2D eigenvalue weighted by atomic mass is 10.1. The predicted molar refractivity (Wildman–Crippen MR) is 82.9 cm³/mol. The molecule has 0 radical (unpaired) electrons. The Morgan fingerprint density at radius 2 is 1.80 bits per heavy atom. The van der Waals surface area contributed by atoms with Crippen molar-refractivity contribution in [1.29, 1.82) is 0 Å². The Labute approximate surface area is 120 Å². The number of para-hydroxylation sites is 2. The van der Waals surface area contributed by atoms with E-state index >= 15 is 0 Å². The third kappa shape index (κ3) is 3.36. The average Bonchev–Trinajstić information content (AvgIpc) is 2.48. The van der Waals surface area contributed by atoms with Gasteiger partial charge in [0.15, 0.2) is 0 Å². The van der Waals surface area contributed by atoms with E-state index in [-0.39, 0.29) is 5.82 Å². The van der Waals surface area contributed by atoms with Gasteiger partial charge >= 0.3 is 0 Å². The lowest BCUT2D eigenvalue weighted by molar-refractivity contribution is 0.619. The van der Waals surface area contributed by atoms with Crippen LogP contribution in [0.5, 0.6) is 0 Å². The van der Waals surface area contributed by atoms with Gasteiger partial charge in [-0.05, 0) is 36.7 Å². The van der Waals surface area contributed by atoms with Crippen molar-refractivity contribution in [3.05, 3.63) is 59.9 Å². The molecule has 20 heavy (non-hydrogen) atoms. The third-order valence-electron chi connectivity index (χ3n) is 3.29. The van der Waals surface area contributed by atoms with Crippen LogP contribution in [0.3, 0.4) is 0 Å². The van der Waals surface area contributed by atoms with Crippen LogP contribution in [-0.4, -0.2) is 13.6 Å². The summed E-state index contributed by atoms with van der Waals surface area (Å²) in [6, 6.07) is 15.1. The van der Waals surface area contributed by atoms with Crippen molar-refractivity contribution in [2.24, 2.45) is 0 Å². The van der Waals surface area contributed by atoms with Crippen LogP contribution in [0, 0.1) is 5.82 Å². The maximum atomic E-state index is 14.2. The second-order valence-corrected chi connectivity index (χ2v) is 4.82. The Bertz CT molecular complexity index is 540. The Kier molecular flexibility index (Phi) is 5.13. The van der Waals surface area contributed by atoms with E-state index in [1.54, 1.807) is 6.07 Å². The van der Waals surface area contributed by atoms with Crippen molar-refractivity contribution < 1.29 is 4.39 Å². The number of benzene rings is 2. The first-order valence-electron chi connectivity index (χ1n) is 7.01. The highest BCUT2D eigenvalue weighted by Crippen LogP contribution is 2.29. The van der Waals surface area contributed by atoms with Crippen molar-refractivity contribution in [1.82, 2.24) is 5.32 Å². The number of anilines is 2. The lowest BCUT2D eigenvalue weighted by Crippen LogP contribution is -2.19. The molecule has 2 rings (SSSR count). The van der Waals surface area contributed by atoms with Crippen LogP contribution in [0.4, 0.5) is 15.8 Å². The molecule has 0 saturated carbocycles. The monoisotopic (exact) mass is 272 g/mol. The Balaban J connectivity index is 2.29. The van der Waals surface area contributed by atoms with Crippen molar-refractivity contribution in [3.8, 4) is 0 Å². The zero-order valence-electron chi connectivity index (χ0n) is 12.1. The van der Waals surface area contributed by atoms with Gasteiger partial charge < -0.3 is 10.2 Å². The molecule has 0 aliphatic heterocycles. The lowest BCUT2D eigenvalue weighted by Gasteiger charge is -2.23. The normalized spacial score (nSPS) is 10.6. The predicted octanol–water partition coefficient (Wildman–Crippen LogP) is 4.09. The summed E-state index contributed by atoms with van der Waals surface area (Å²) in [5.74, 6) is -0.188. The van der Waals surface area contributed by atoms with Gasteiger partial charge in [0.2, 0.25) is 0 Å². The van der Waals surface area contributed by atoms with E-state index < -0.39 is 0 Å². The number of rotatable bonds is 6. The highest BCUT2D eigenvalue weighted by molar-refractivity contribution is 5.66. The molecular weight excluding hydrogens is 251 g/mol. The molecule has 1 N–H and O–H groups in total. The summed E-state index contributed by atoms with van der Waals surface area (Å²) < 4.78 is 14.2. The SMILES string of the molecule is CCCNCc1cccc(F)c1N(C)c1ccccc1. The molecule has 3 heteroatoms. The summed E-state index contributed by atoms with van der Waals surface area (Å²) in [5, 5.41) is 3.33. The highest BCUT2D eigenvalue weighted by Gasteiger charge is 2.13. The Morgan fingerprint density at radius 3 is 2.50 bits per heavy atom. The zero-order chi connectivity index (χ0) is 14.4. The van der Waals surface area contributed by atoms with Crippen LogP contribution < -0.4 is 10.2 Å². The molecule has 0 spiro atoms. The second-order valence-electron chi connectivity index (χ2n) is 4.82. The zero-order valence-corrected chi connectivity index (χ0v) is 12.1. The van der Waals surface area contributed by atoms with Crippen molar-refractivity contribution in [2.75, 3.05) is 18.5 Å². The molecule has 2 aromatic rings. The van der Waals surface area contributed by atoms with Crippen LogP contribution in [0.25, 0.3) is 0 Å². The maximum absolute atomic E-state index is 14.2. The fourth-order valence-corrected chi connectivity index (χ4v) is 2.26. The quantitative estimate of drug-likeness (QED) is 0.797. The minimum atomic E-state index is -0.188. The molecule has 0 atom stereocenters. The molecule has 0 unspecified atom stereocenters. The van der Waals surface area contributed by atoms with Crippen LogP contribution in [0.1, 0.15) is 18.9 Å². The fourth-order valence-electron chi connectivity index (χ4n) is 2.26. The number of nitrogens with one attached hydrogen (secondary N) is 1. The van der Waals surface area contributed by atoms with Gasteiger partial charge in [-0.15, -0.1) is 0 Å². The second kappa shape index (κ2) is 7.06. The number of nitrogens with zero attached hydrogens (tertiary/aromatic N) is 1. The van der Waals surface area contributed by atoms with Crippen molar-refractivity contribution >= 4 is 11.4 Å². The van der Waals surface area contributed by atoms with Gasteiger partial charge in [0.05, 0.1) is 5.69 Å². The van der Waals surface area contributed by atoms with Crippen molar-refractivity contribution in [3.63, 3.8) is 0 Å². The maximum Gasteiger partial charge on any atom is 0.147 e. The topological polar surface area (TPSA) is 15.3 Å². The van der Waals surface area contributed by atoms with Gasteiger partial charge in [-0.2, -0.15) is 0 Å². The molecule has 0 bridgehead atoms. The summed E-state index contributed by atoms with van der Waals surface area (Å²) in [5.41, 5.74) is 2.60. The van der Waals surface area contributed by atoms with Crippen molar-refractivity contribution in [2.45, 2.75) is 19.9 Å². The number of hydrogen-bond acceptors (Lipinski definition) is 2. The minimum Gasteiger partial charge on any atom is -0.342 e. The summed E-state index contributed by atoms with van der Waals surface area (Å²) >= 11 is 0. The smallest absolute Gasteiger partial charge is 0.147 e. The van der Waals surface area contributed by atoms with E-state index in [0.29, 0.717) is 12.2 Å². The molecule has 0 amide bonds. The number of halogens is 1. The van der Waals surface area contributed by atoms with E-state index in [4.69, 9.17) is 0 Å². The van der Waals surface area contributed by atoms with Gasteiger partial charge in [-0.1, -0.05) is 37.3 Å². The van der Waals surface area contributed by atoms with Crippen LogP contribution >= 0.6 is 0 Å². The Hall–Kier alpha value is -1.87. The molecule has 0 aliphatic carbocycles. The fraction of sp³-hybridized carbons (Fsp3) is 0.294. The molecule has 2 nitrogen and oxygen atoms in total. The summed E-state index contributed by atoms with van der Waals surface area (Å²) in [6.07, 6.45) is 1.07. The third-order valence-corrected chi connectivity index (χ3v) is 3.29. The molecule has 106 valence electrons. The standard InChI is InChI=1S/C17H21FN2/c1-3-12-19-13-14-8-7-11-16(18)17(14)20(2)15-9-5-4-6-10-15/h4-11,19H,3,12-13H2,1-2H3. The summed E-state index contributed by atoms with van der Waals surface area (Å²) in [7, 11) is 1.90. The molecule has 0 saturated heterocycles. The molecule has 2 aromatic carbocycles. The van der Waals surface area contributed by atoms with Gasteiger partial charge in [0, 0.05) is 19.3 Å². The van der Waals surface area contributed by atoms with E-state index in [1.807, 2.05) is 48.3 Å². The van der Waals surface area contributed by atoms with E-state index in [2.05, 4.69) is 12.2 Å². The molecule has 0 fully saturated rings. The largest absolute Gasteiger partial charge is 0.342 e. The average molecular weight is 272 g/mol. The van der Waals surface area contributed by atoms with Crippen LogP contribution in [0.2, 0.25) is 0 Å². The van der Waals surface area contributed by atoms with Gasteiger partial charge in [-0.3, -0.25) is 0 Å².